The molecule has 1 aliphatic rings. The van der Waals surface area contributed by atoms with E-state index in [-0.39, 0.29) is 11.7 Å². The molecule has 1 atom stereocenters. The van der Waals surface area contributed by atoms with Crippen molar-refractivity contribution in [3.05, 3.63) is 24.0 Å². The van der Waals surface area contributed by atoms with Crippen LogP contribution < -0.4 is 16.0 Å². The fourth-order valence-electron chi connectivity index (χ4n) is 2.41. The highest BCUT2D eigenvalue weighted by Gasteiger charge is 2.17. The van der Waals surface area contributed by atoms with Gasteiger partial charge >= 0.3 is 0 Å². The van der Waals surface area contributed by atoms with Crippen LogP contribution in [0.3, 0.4) is 0 Å². The highest BCUT2D eigenvalue weighted by Crippen LogP contribution is 2.26. The molecule has 21 heavy (non-hydrogen) atoms. The SMILES string of the molecule is CSCC[C@H](N)C(=O)Nc1ccc(N2CCCC2)c(F)c1. The van der Waals surface area contributed by atoms with Gasteiger partial charge in [-0.2, -0.15) is 11.8 Å². The first-order chi connectivity index (χ1) is 10.1. The Balaban J connectivity index is 1.98. The van der Waals surface area contributed by atoms with Crippen molar-refractivity contribution in [2.45, 2.75) is 25.3 Å². The molecule has 0 unspecified atom stereocenters. The summed E-state index contributed by atoms with van der Waals surface area (Å²) in [5.41, 5.74) is 6.86. The number of benzene rings is 1. The van der Waals surface area contributed by atoms with Crippen molar-refractivity contribution in [1.82, 2.24) is 0 Å². The van der Waals surface area contributed by atoms with E-state index in [2.05, 4.69) is 5.32 Å². The van der Waals surface area contributed by atoms with Crippen LogP contribution in [0.2, 0.25) is 0 Å². The van der Waals surface area contributed by atoms with Crippen molar-refractivity contribution in [3.8, 4) is 0 Å². The zero-order valence-electron chi connectivity index (χ0n) is 12.3. The third-order valence-electron chi connectivity index (χ3n) is 3.63. The summed E-state index contributed by atoms with van der Waals surface area (Å²) in [6.07, 6.45) is 4.78. The molecule has 2 rings (SSSR count). The number of halogens is 1. The van der Waals surface area contributed by atoms with Gasteiger partial charge in [0.15, 0.2) is 0 Å². The molecule has 1 amide bonds. The maximum Gasteiger partial charge on any atom is 0.241 e. The molecule has 0 radical (unpaired) electrons. The van der Waals surface area contributed by atoms with Gasteiger partial charge in [-0.1, -0.05) is 0 Å². The number of hydrogen-bond acceptors (Lipinski definition) is 4. The summed E-state index contributed by atoms with van der Waals surface area (Å²) in [4.78, 5) is 13.9. The lowest BCUT2D eigenvalue weighted by Crippen LogP contribution is -2.36. The first-order valence-corrected chi connectivity index (χ1v) is 8.61. The Hall–Kier alpha value is -1.27. The van der Waals surface area contributed by atoms with Gasteiger partial charge in [-0.15, -0.1) is 0 Å². The average molecular weight is 311 g/mol. The van der Waals surface area contributed by atoms with E-state index in [1.807, 2.05) is 11.2 Å². The fourth-order valence-corrected chi connectivity index (χ4v) is 2.90. The van der Waals surface area contributed by atoms with Crippen LogP contribution in [0, 0.1) is 5.82 Å². The number of anilines is 2. The van der Waals surface area contributed by atoms with E-state index in [9.17, 15) is 9.18 Å². The molecule has 0 spiro atoms. The van der Waals surface area contributed by atoms with Crippen molar-refractivity contribution >= 4 is 29.0 Å². The highest BCUT2D eigenvalue weighted by atomic mass is 32.2. The number of nitrogens with two attached hydrogens (primary N) is 1. The summed E-state index contributed by atoms with van der Waals surface area (Å²) in [5.74, 6) is 0.265. The van der Waals surface area contributed by atoms with Gasteiger partial charge in [0.05, 0.1) is 11.7 Å². The molecule has 1 aliphatic heterocycles. The quantitative estimate of drug-likeness (QED) is 0.847. The van der Waals surface area contributed by atoms with Crippen LogP contribution in [0.4, 0.5) is 15.8 Å². The van der Waals surface area contributed by atoms with E-state index >= 15 is 0 Å². The van der Waals surface area contributed by atoms with E-state index in [1.54, 1.807) is 23.9 Å². The maximum absolute atomic E-state index is 14.1. The first kappa shape index (κ1) is 16.1. The lowest BCUT2D eigenvalue weighted by atomic mass is 10.2. The van der Waals surface area contributed by atoms with E-state index in [0.717, 1.165) is 31.7 Å². The fraction of sp³-hybridized carbons (Fsp3) is 0.533. The summed E-state index contributed by atoms with van der Waals surface area (Å²) in [7, 11) is 0. The number of thioether (sulfide) groups is 1. The molecule has 0 bridgehead atoms. The largest absolute Gasteiger partial charge is 0.369 e. The summed E-state index contributed by atoms with van der Waals surface area (Å²) in [5, 5.41) is 2.68. The minimum Gasteiger partial charge on any atom is -0.369 e. The molecular weight excluding hydrogens is 289 g/mol. The van der Waals surface area contributed by atoms with Gasteiger partial charge in [-0.05, 0) is 49.5 Å². The minimum atomic E-state index is -0.557. The average Bonchev–Trinajstić information content (AvgIpc) is 2.98. The standard InChI is InChI=1S/C15H22FN3OS/c1-21-9-6-13(17)15(20)18-11-4-5-14(12(16)10-11)19-7-2-3-8-19/h4-5,10,13H,2-3,6-9,17H2,1H3,(H,18,20)/t13-/m0/s1. The number of nitrogens with one attached hydrogen (secondary N) is 1. The lowest BCUT2D eigenvalue weighted by molar-refractivity contribution is -0.117. The summed E-state index contributed by atoms with van der Waals surface area (Å²) < 4.78 is 14.1. The highest BCUT2D eigenvalue weighted by molar-refractivity contribution is 7.98. The van der Waals surface area contributed by atoms with Crippen LogP contribution >= 0.6 is 11.8 Å². The zero-order valence-corrected chi connectivity index (χ0v) is 13.1. The Labute approximate surface area is 129 Å². The van der Waals surface area contributed by atoms with Gasteiger partial charge in [0, 0.05) is 18.8 Å². The van der Waals surface area contributed by atoms with Gasteiger partial charge in [0.25, 0.3) is 0 Å². The second-order valence-corrected chi connectivity index (χ2v) is 6.22. The van der Waals surface area contributed by atoms with Crippen LogP contribution in [0.25, 0.3) is 0 Å². The van der Waals surface area contributed by atoms with Crippen molar-refractivity contribution in [1.29, 1.82) is 0 Å². The molecule has 0 aromatic heterocycles. The zero-order chi connectivity index (χ0) is 15.2. The number of carbonyl (C=O) groups excluding carboxylic acids is 1. The Kier molecular flexibility index (Phi) is 5.87. The second-order valence-electron chi connectivity index (χ2n) is 5.24. The van der Waals surface area contributed by atoms with Crippen LogP contribution in [0.15, 0.2) is 18.2 Å². The van der Waals surface area contributed by atoms with E-state index in [0.29, 0.717) is 17.8 Å². The molecule has 1 heterocycles. The third kappa shape index (κ3) is 4.35. The first-order valence-electron chi connectivity index (χ1n) is 7.21. The van der Waals surface area contributed by atoms with Gasteiger partial charge < -0.3 is 16.0 Å². The topological polar surface area (TPSA) is 58.4 Å². The molecule has 1 fully saturated rings. The molecule has 6 heteroatoms. The van der Waals surface area contributed by atoms with E-state index in [4.69, 9.17) is 5.73 Å². The summed E-state index contributed by atoms with van der Waals surface area (Å²) in [6.45, 7) is 1.78. The normalized spacial score (nSPS) is 16.0. The molecule has 0 aliphatic carbocycles. The van der Waals surface area contributed by atoms with Crippen molar-refractivity contribution in [2.24, 2.45) is 5.73 Å². The molecule has 1 aromatic rings. The lowest BCUT2D eigenvalue weighted by Gasteiger charge is -2.19. The molecule has 1 saturated heterocycles. The molecule has 116 valence electrons. The van der Waals surface area contributed by atoms with Crippen LogP contribution in [0.5, 0.6) is 0 Å². The molecule has 0 saturated carbocycles. The van der Waals surface area contributed by atoms with Crippen molar-refractivity contribution in [2.75, 3.05) is 35.3 Å². The van der Waals surface area contributed by atoms with E-state index < -0.39 is 6.04 Å². The van der Waals surface area contributed by atoms with Crippen molar-refractivity contribution in [3.63, 3.8) is 0 Å². The predicted octanol–water partition coefficient (Wildman–Crippen LogP) is 2.44. The molecule has 4 nitrogen and oxygen atoms in total. The van der Waals surface area contributed by atoms with Gasteiger partial charge in [0.1, 0.15) is 5.82 Å². The number of nitrogens with zero attached hydrogens (tertiary/aromatic N) is 1. The number of amides is 1. The monoisotopic (exact) mass is 311 g/mol. The van der Waals surface area contributed by atoms with Crippen LogP contribution in [0.1, 0.15) is 19.3 Å². The third-order valence-corrected chi connectivity index (χ3v) is 4.28. The maximum atomic E-state index is 14.1. The Morgan fingerprint density at radius 2 is 2.19 bits per heavy atom. The molecule has 3 N–H and O–H groups in total. The Bertz CT molecular complexity index is 492. The summed E-state index contributed by atoms with van der Waals surface area (Å²) in [6, 6.07) is 4.27. The van der Waals surface area contributed by atoms with Crippen molar-refractivity contribution < 1.29 is 9.18 Å². The second kappa shape index (κ2) is 7.66. The smallest absolute Gasteiger partial charge is 0.241 e. The Morgan fingerprint density at radius 3 is 2.81 bits per heavy atom. The van der Waals surface area contributed by atoms with E-state index in [1.165, 1.54) is 6.07 Å². The van der Waals surface area contributed by atoms with Gasteiger partial charge in [-0.25, -0.2) is 4.39 Å². The van der Waals surface area contributed by atoms with Gasteiger partial charge in [0.2, 0.25) is 5.91 Å². The molecule has 1 aromatic carbocycles. The predicted molar refractivity (Wildman–Crippen MR) is 87.5 cm³/mol. The Morgan fingerprint density at radius 1 is 1.48 bits per heavy atom. The summed E-state index contributed by atoms with van der Waals surface area (Å²) >= 11 is 1.65. The number of rotatable bonds is 6. The number of carbonyl (C=O) groups is 1. The number of hydrogen-bond donors (Lipinski definition) is 2. The minimum absolute atomic E-state index is 0.266. The van der Waals surface area contributed by atoms with Gasteiger partial charge in [-0.3, -0.25) is 4.79 Å². The van der Waals surface area contributed by atoms with Crippen LogP contribution in [-0.4, -0.2) is 37.0 Å². The molecular formula is C15H22FN3OS. The van der Waals surface area contributed by atoms with Crippen LogP contribution in [-0.2, 0) is 4.79 Å².